The van der Waals surface area contributed by atoms with Gasteiger partial charge in [0, 0.05) is 46.0 Å². The van der Waals surface area contributed by atoms with Crippen LogP contribution in [0.4, 0.5) is 0 Å². The van der Waals surface area contributed by atoms with E-state index in [9.17, 15) is 9.59 Å². The predicted octanol–water partition coefficient (Wildman–Crippen LogP) is 4.30. The first kappa shape index (κ1) is 18.9. The summed E-state index contributed by atoms with van der Waals surface area (Å²) in [5.74, 6) is 0.906. The number of allylic oxidation sites excluding steroid dienone is 1. The fourth-order valence-corrected chi connectivity index (χ4v) is 6.15. The molecule has 0 N–H and O–H groups in total. The van der Waals surface area contributed by atoms with E-state index in [-0.39, 0.29) is 11.3 Å². The average molecular weight is 386 g/mol. The van der Waals surface area contributed by atoms with E-state index in [4.69, 9.17) is 0 Å². The molecule has 1 amide bonds. The minimum absolute atomic E-state index is 0.194. The van der Waals surface area contributed by atoms with Crippen molar-refractivity contribution in [2.75, 3.05) is 13.1 Å². The molecule has 2 aliphatic carbocycles. The first-order chi connectivity index (χ1) is 12.9. The standard InChI is InChI=1S/C23H31NO2S/c1-4-15-5-7-17-19(13-15)27-20-14-16(6-8-18(20)21(17)25)22(26)24-11-9-23(2,3)10-12-24/h6,15H,4-5,7-14H2,1-3H3. The topological polar surface area (TPSA) is 37.4 Å². The molecule has 4 rings (SSSR count). The van der Waals surface area contributed by atoms with Gasteiger partial charge in [0.1, 0.15) is 0 Å². The number of fused-ring (bicyclic) bond motifs is 2. The largest absolute Gasteiger partial charge is 0.339 e. The molecule has 2 heterocycles. The summed E-state index contributed by atoms with van der Waals surface area (Å²) in [4.78, 5) is 30.5. The number of hydrogen-bond acceptors (Lipinski definition) is 3. The SMILES string of the molecule is CCC1CCc2c(sc3c(c2=O)CC=C(C(=O)N2CCC(C)(C)CC2)C3)C1. The minimum atomic E-state index is 0.194. The number of carbonyl (C=O) groups is 1. The number of carbonyl (C=O) groups excluding carboxylic acids is 1. The number of hydrogen-bond donors (Lipinski definition) is 0. The van der Waals surface area contributed by atoms with E-state index < -0.39 is 0 Å². The van der Waals surface area contributed by atoms with Crippen LogP contribution in [-0.4, -0.2) is 23.9 Å². The van der Waals surface area contributed by atoms with Gasteiger partial charge in [0.15, 0.2) is 5.43 Å². The fraction of sp³-hybridized carbons (Fsp3) is 0.652. The van der Waals surface area contributed by atoms with Crippen molar-refractivity contribution in [3.05, 3.63) is 42.8 Å². The molecule has 0 radical (unpaired) electrons. The second-order valence-corrected chi connectivity index (χ2v) is 10.5. The zero-order valence-electron chi connectivity index (χ0n) is 16.9. The lowest BCUT2D eigenvalue weighted by Gasteiger charge is -2.37. The predicted molar refractivity (Wildman–Crippen MR) is 111 cm³/mol. The van der Waals surface area contributed by atoms with E-state index in [1.165, 1.54) is 11.3 Å². The highest BCUT2D eigenvalue weighted by atomic mass is 32.1. The van der Waals surface area contributed by atoms with Gasteiger partial charge in [-0.15, -0.1) is 11.3 Å². The maximum atomic E-state index is 13.0. The molecule has 146 valence electrons. The maximum absolute atomic E-state index is 13.0. The van der Waals surface area contributed by atoms with Crippen molar-refractivity contribution in [2.24, 2.45) is 11.3 Å². The van der Waals surface area contributed by atoms with Crippen molar-refractivity contribution in [1.82, 2.24) is 4.90 Å². The molecule has 3 nitrogen and oxygen atoms in total. The average Bonchev–Trinajstić information content (AvgIpc) is 2.66. The number of likely N-dealkylation sites (tertiary alicyclic amines) is 1. The van der Waals surface area contributed by atoms with Gasteiger partial charge in [0.05, 0.1) is 0 Å². The van der Waals surface area contributed by atoms with E-state index in [0.29, 0.717) is 24.2 Å². The highest BCUT2D eigenvalue weighted by Crippen LogP contribution is 2.35. The normalized spacial score (nSPS) is 24.0. The summed E-state index contributed by atoms with van der Waals surface area (Å²) in [7, 11) is 0. The van der Waals surface area contributed by atoms with Gasteiger partial charge < -0.3 is 4.90 Å². The third-order valence-electron chi connectivity index (χ3n) is 6.90. The lowest BCUT2D eigenvalue weighted by Crippen LogP contribution is -2.42. The van der Waals surface area contributed by atoms with Gasteiger partial charge in [-0.3, -0.25) is 9.59 Å². The molecule has 1 fully saturated rings. The summed E-state index contributed by atoms with van der Waals surface area (Å²) < 4.78 is 0. The first-order valence-corrected chi connectivity index (χ1v) is 11.3. The van der Waals surface area contributed by atoms with Crippen LogP contribution in [0.5, 0.6) is 0 Å². The lowest BCUT2D eigenvalue weighted by atomic mass is 9.82. The number of rotatable bonds is 2. The van der Waals surface area contributed by atoms with Crippen LogP contribution in [0.15, 0.2) is 16.4 Å². The Hall–Kier alpha value is -1.42. The molecule has 1 aromatic rings. The molecular formula is C23H31NO2S. The Balaban J connectivity index is 1.55. The molecule has 1 unspecified atom stereocenters. The molecule has 1 saturated heterocycles. The molecule has 1 aliphatic heterocycles. The van der Waals surface area contributed by atoms with Gasteiger partial charge in [0.2, 0.25) is 5.91 Å². The van der Waals surface area contributed by atoms with Crippen LogP contribution in [-0.2, 0) is 30.5 Å². The summed E-state index contributed by atoms with van der Waals surface area (Å²) in [6, 6.07) is 0. The van der Waals surface area contributed by atoms with Crippen LogP contribution in [0.1, 0.15) is 67.3 Å². The van der Waals surface area contributed by atoms with Gasteiger partial charge in [-0.05, 0) is 49.9 Å². The fourth-order valence-electron chi connectivity index (χ4n) is 4.69. The summed E-state index contributed by atoms with van der Waals surface area (Å²) in [5.41, 5.74) is 3.56. The van der Waals surface area contributed by atoms with Crippen LogP contribution in [0.25, 0.3) is 0 Å². The maximum Gasteiger partial charge on any atom is 0.249 e. The third-order valence-corrected chi connectivity index (χ3v) is 8.20. The zero-order chi connectivity index (χ0) is 19.2. The van der Waals surface area contributed by atoms with Crippen LogP contribution in [0.2, 0.25) is 0 Å². The van der Waals surface area contributed by atoms with Gasteiger partial charge in [-0.25, -0.2) is 0 Å². The molecule has 1 aromatic heterocycles. The summed E-state index contributed by atoms with van der Waals surface area (Å²) in [6.45, 7) is 8.53. The monoisotopic (exact) mass is 385 g/mol. The molecule has 0 spiro atoms. The van der Waals surface area contributed by atoms with Crippen molar-refractivity contribution < 1.29 is 4.79 Å². The quantitative estimate of drug-likeness (QED) is 0.761. The molecule has 4 heteroatoms. The van der Waals surface area contributed by atoms with E-state index >= 15 is 0 Å². The molecule has 0 aromatic carbocycles. The van der Waals surface area contributed by atoms with E-state index in [1.807, 2.05) is 22.3 Å². The zero-order valence-corrected chi connectivity index (χ0v) is 17.7. The molecule has 3 aliphatic rings. The Morgan fingerprint density at radius 3 is 2.67 bits per heavy atom. The van der Waals surface area contributed by atoms with Crippen molar-refractivity contribution in [1.29, 1.82) is 0 Å². The van der Waals surface area contributed by atoms with Crippen LogP contribution >= 0.6 is 11.3 Å². The van der Waals surface area contributed by atoms with Crippen LogP contribution in [0.3, 0.4) is 0 Å². The van der Waals surface area contributed by atoms with Gasteiger partial charge in [-0.2, -0.15) is 0 Å². The van der Waals surface area contributed by atoms with E-state index in [1.54, 1.807) is 0 Å². The molecular weight excluding hydrogens is 354 g/mol. The van der Waals surface area contributed by atoms with Gasteiger partial charge in [-0.1, -0.05) is 33.3 Å². The molecule has 0 bridgehead atoms. The Kier molecular flexibility index (Phi) is 5.04. The number of nitrogens with zero attached hydrogens (tertiary/aromatic N) is 1. The van der Waals surface area contributed by atoms with Crippen LogP contribution < -0.4 is 5.43 Å². The Bertz CT molecular complexity index is 839. The van der Waals surface area contributed by atoms with E-state index in [2.05, 4.69) is 20.8 Å². The summed E-state index contributed by atoms with van der Waals surface area (Å²) >= 11 is 1.82. The minimum Gasteiger partial charge on any atom is -0.339 e. The highest BCUT2D eigenvalue weighted by molar-refractivity contribution is 7.12. The number of amides is 1. The number of piperidine rings is 1. The lowest BCUT2D eigenvalue weighted by molar-refractivity contribution is -0.129. The molecule has 0 saturated carbocycles. The van der Waals surface area contributed by atoms with Crippen molar-refractivity contribution in [3.63, 3.8) is 0 Å². The molecule has 27 heavy (non-hydrogen) atoms. The smallest absolute Gasteiger partial charge is 0.249 e. The second kappa shape index (κ2) is 7.20. The Labute approximate surface area is 166 Å². The second-order valence-electron chi connectivity index (χ2n) is 9.32. The summed E-state index contributed by atoms with van der Waals surface area (Å²) in [5, 5.41) is 0. The van der Waals surface area contributed by atoms with Crippen molar-refractivity contribution in [3.8, 4) is 0 Å². The Morgan fingerprint density at radius 2 is 1.96 bits per heavy atom. The van der Waals surface area contributed by atoms with Crippen molar-refractivity contribution >= 4 is 17.2 Å². The molecule has 1 atom stereocenters. The van der Waals surface area contributed by atoms with Crippen molar-refractivity contribution in [2.45, 2.75) is 72.1 Å². The highest BCUT2D eigenvalue weighted by Gasteiger charge is 2.31. The first-order valence-electron chi connectivity index (χ1n) is 10.5. The van der Waals surface area contributed by atoms with Gasteiger partial charge in [0.25, 0.3) is 0 Å². The van der Waals surface area contributed by atoms with Crippen LogP contribution in [0, 0.1) is 11.3 Å². The van der Waals surface area contributed by atoms with Gasteiger partial charge >= 0.3 is 0 Å². The third kappa shape index (κ3) is 3.65. The Morgan fingerprint density at radius 1 is 1.22 bits per heavy atom. The summed E-state index contributed by atoms with van der Waals surface area (Å²) in [6.07, 6.45) is 9.78. The van der Waals surface area contributed by atoms with E-state index in [0.717, 1.165) is 66.8 Å².